The van der Waals surface area contributed by atoms with E-state index < -0.39 is 9.84 Å². The normalized spacial score (nSPS) is 19.9. The molecule has 3 rings (SSSR count). The molecule has 1 saturated heterocycles. The minimum atomic E-state index is -3.00. The van der Waals surface area contributed by atoms with Gasteiger partial charge in [-0.05, 0) is 43.4 Å². The van der Waals surface area contributed by atoms with Gasteiger partial charge in [0.2, 0.25) is 5.89 Å². The highest BCUT2D eigenvalue weighted by molar-refractivity contribution is 7.91. The van der Waals surface area contributed by atoms with Gasteiger partial charge in [0, 0.05) is 6.54 Å². The quantitative estimate of drug-likeness (QED) is 0.752. The molecule has 1 aliphatic heterocycles. The van der Waals surface area contributed by atoms with Gasteiger partial charge in [-0.15, -0.1) is 5.10 Å². The first-order valence-corrected chi connectivity index (χ1v) is 9.76. The van der Waals surface area contributed by atoms with Crippen LogP contribution in [0, 0.1) is 10.7 Å². The van der Waals surface area contributed by atoms with Crippen LogP contribution in [0.2, 0.25) is 0 Å². The molecular formula is C15H18FN3O3S2. The monoisotopic (exact) mass is 371 g/mol. The fraction of sp³-hybridized carbons (Fsp3) is 0.467. The molecule has 24 heavy (non-hydrogen) atoms. The van der Waals surface area contributed by atoms with Crippen LogP contribution in [0.1, 0.15) is 23.8 Å². The SMILES string of the molecule is CN(Cc1ccc(F)cc1)Cn1nc([C@@H]2CCS(=O)(=O)C2)oc1=S. The number of nitrogens with zero attached hydrogens (tertiary/aromatic N) is 3. The minimum Gasteiger partial charge on any atom is -0.414 e. The van der Waals surface area contributed by atoms with Gasteiger partial charge >= 0.3 is 0 Å². The van der Waals surface area contributed by atoms with Crippen molar-refractivity contribution in [2.45, 2.75) is 25.6 Å². The van der Waals surface area contributed by atoms with Crippen LogP contribution in [0.5, 0.6) is 0 Å². The molecule has 0 unspecified atom stereocenters. The van der Waals surface area contributed by atoms with Crippen LogP contribution in [-0.2, 0) is 23.1 Å². The molecule has 0 bridgehead atoms. The number of rotatable bonds is 5. The zero-order chi connectivity index (χ0) is 17.3. The van der Waals surface area contributed by atoms with Crippen molar-refractivity contribution in [2.75, 3.05) is 18.6 Å². The number of hydrogen-bond donors (Lipinski definition) is 0. The minimum absolute atomic E-state index is 0.0632. The molecule has 9 heteroatoms. The molecule has 6 nitrogen and oxygen atoms in total. The summed E-state index contributed by atoms with van der Waals surface area (Å²) in [5.74, 6) is 0.123. The molecule has 0 N–H and O–H groups in total. The highest BCUT2D eigenvalue weighted by atomic mass is 32.2. The van der Waals surface area contributed by atoms with Crippen LogP contribution in [-0.4, -0.2) is 41.7 Å². The van der Waals surface area contributed by atoms with E-state index in [2.05, 4.69) is 5.10 Å². The second kappa shape index (κ2) is 6.73. The molecule has 0 aliphatic carbocycles. The first-order chi connectivity index (χ1) is 11.3. The van der Waals surface area contributed by atoms with E-state index in [9.17, 15) is 12.8 Å². The zero-order valence-corrected chi connectivity index (χ0v) is 14.8. The molecule has 2 aromatic rings. The van der Waals surface area contributed by atoms with Crippen molar-refractivity contribution in [1.29, 1.82) is 0 Å². The second-order valence-corrected chi connectivity index (χ2v) is 8.67. The maximum Gasteiger partial charge on any atom is 0.288 e. The summed E-state index contributed by atoms with van der Waals surface area (Å²) in [5.41, 5.74) is 0.969. The Balaban J connectivity index is 1.67. The molecule has 0 saturated carbocycles. The van der Waals surface area contributed by atoms with E-state index in [0.29, 0.717) is 25.5 Å². The van der Waals surface area contributed by atoms with Crippen LogP contribution < -0.4 is 0 Å². The summed E-state index contributed by atoms with van der Waals surface area (Å²) < 4.78 is 43.1. The number of benzene rings is 1. The molecule has 2 heterocycles. The van der Waals surface area contributed by atoms with Crippen LogP contribution >= 0.6 is 12.2 Å². The van der Waals surface area contributed by atoms with E-state index in [1.54, 1.807) is 16.8 Å². The lowest BCUT2D eigenvalue weighted by molar-refractivity contribution is 0.240. The van der Waals surface area contributed by atoms with E-state index in [0.717, 1.165) is 5.56 Å². The number of halogens is 1. The molecule has 0 radical (unpaired) electrons. The molecule has 130 valence electrons. The van der Waals surface area contributed by atoms with Crippen molar-refractivity contribution in [2.24, 2.45) is 0 Å². The molecular weight excluding hydrogens is 353 g/mol. The first-order valence-electron chi connectivity index (χ1n) is 7.54. The van der Waals surface area contributed by atoms with E-state index in [1.165, 1.54) is 12.1 Å². The second-order valence-electron chi connectivity index (χ2n) is 6.09. The molecule has 1 atom stereocenters. The highest BCUT2D eigenvalue weighted by Crippen LogP contribution is 2.27. The summed E-state index contributed by atoms with van der Waals surface area (Å²) >= 11 is 5.17. The number of aromatic nitrogens is 2. The van der Waals surface area contributed by atoms with Crippen LogP contribution in [0.3, 0.4) is 0 Å². The van der Waals surface area contributed by atoms with Crippen molar-refractivity contribution in [3.63, 3.8) is 0 Å². The molecule has 1 aromatic heterocycles. The summed E-state index contributed by atoms with van der Waals surface area (Å²) in [6.07, 6.45) is 0.517. The highest BCUT2D eigenvalue weighted by Gasteiger charge is 2.32. The maximum absolute atomic E-state index is 12.9. The lowest BCUT2D eigenvalue weighted by atomic mass is 10.1. The largest absolute Gasteiger partial charge is 0.414 e. The van der Waals surface area contributed by atoms with Gasteiger partial charge in [-0.3, -0.25) is 4.90 Å². The molecule has 0 spiro atoms. The molecule has 1 fully saturated rings. The van der Waals surface area contributed by atoms with Gasteiger partial charge in [-0.2, -0.15) is 0 Å². The Kier molecular flexibility index (Phi) is 4.84. The van der Waals surface area contributed by atoms with Crippen LogP contribution in [0.4, 0.5) is 4.39 Å². The Morgan fingerprint density at radius 2 is 2.12 bits per heavy atom. The zero-order valence-electron chi connectivity index (χ0n) is 13.2. The predicted molar refractivity (Wildman–Crippen MR) is 89.2 cm³/mol. The van der Waals surface area contributed by atoms with Gasteiger partial charge in [0.15, 0.2) is 9.84 Å². The molecule has 1 aliphatic rings. The van der Waals surface area contributed by atoms with Crippen molar-refractivity contribution in [3.8, 4) is 0 Å². The van der Waals surface area contributed by atoms with E-state index >= 15 is 0 Å². The maximum atomic E-state index is 12.9. The van der Waals surface area contributed by atoms with Crippen molar-refractivity contribution < 1.29 is 17.2 Å². The predicted octanol–water partition coefficient (Wildman–Crippen LogP) is 2.34. The van der Waals surface area contributed by atoms with Crippen molar-refractivity contribution in [1.82, 2.24) is 14.7 Å². The van der Waals surface area contributed by atoms with Gasteiger partial charge in [0.05, 0.1) is 24.1 Å². The van der Waals surface area contributed by atoms with Crippen molar-refractivity contribution in [3.05, 3.63) is 46.4 Å². The van der Waals surface area contributed by atoms with Gasteiger partial charge < -0.3 is 4.42 Å². The third-order valence-corrected chi connectivity index (χ3v) is 6.01. The topological polar surface area (TPSA) is 68.3 Å². The molecule has 1 aromatic carbocycles. The van der Waals surface area contributed by atoms with E-state index in [4.69, 9.17) is 16.6 Å². The van der Waals surface area contributed by atoms with Gasteiger partial charge in [-0.25, -0.2) is 17.5 Å². The lowest BCUT2D eigenvalue weighted by Gasteiger charge is -2.15. The Hall–Kier alpha value is -1.58. The summed E-state index contributed by atoms with van der Waals surface area (Å²) in [5, 5.41) is 4.33. The summed E-state index contributed by atoms with van der Waals surface area (Å²) in [6, 6.07) is 6.29. The Labute approximate surface area is 144 Å². The smallest absolute Gasteiger partial charge is 0.288 e. The standard InChI is InChI=1S/C15H18FN3O3S2/c1-18(8-11-2-4-13(16)5-3-11)10-19-15(23)22-14(17-19)12-6-7-24(20,21)9-12/h2-5,12H,6-10H2,1H3/t12-/m1/s1. The Morgan fingerprint density at radius 3 is 2.75 bits per heavy atom. The van der Waals surface area contributed by atoms with Crippen LogP contribution in [0.25, 0.3) is 0 Å². The van der Waals surface area contributed by atoms with E-state index in [-0.39, 0.29) is 28.1 Å². The third-order valence-electron chi connectivity index (χ3n) is 3.94. The van der Waals surface area contributed by atoms with Gasteiger partial charge in [-0.1, -0.05) is 12.1 Å². The van der Waals surface area contributed by atoms with Gasteiger partial charge in [0.1, 0.15) is 5.82 Å². The van der Waals surface area contributed by atoms with Gasteiger partial charge in [0.25, 0.3) is 4.84 Å². The molecule has 0 amide bonds. The third kappa shape index (κ3) is 4.08. The Bertz CT molecular complexity index is 874. The fourth-order valence-corrected chi connectivity index (χ4v) is 4.66. The van der Waals surface area contributed by atoms with E-state index in [1.807, 2.05) is 11.9 Å². The summed E-state index contributed by atoms with van der Waals surface area (Å²) in [6.45, 7) is 1.00. The van der Waals surface area contributed by atoms with Crippen LogP contribution in [0.15, 0.2) is 28.7 Å². The first kappa shape index (κ1) is 17.2. The van der Waals surface area contributed by atoms with Crippen molar-refractivity contribution >= 4 is 22.1 Å². The average Bonchev–Trinajstić information content (AvgIpc) is 3.04. The fourth-order valence-electron chi connectivity index (χ4n) is 2.75. The number of sulfone groups is 1. The summed E-state index contributed by atoms with van der Waals surface area (Å²) in [4.78, 5) is 2.18. The summed E-state index contributed by atoms with van der Waals surface area (Å²) in [7, 11) is -1.11. The average molecular weight is 371 g/mol. The number of hydrogen-bond acceptors (Lipinski definition) is 6. The lowest BCUT2D eigenvalue weighted by Crippen LogP contribution is -2.22. The Morgan fingerprint density at radius 1 is 1.42 bits per heavy atom.